The van der Waals surface area contributed by atoms with E-state index in [9.17, 15) is 30.7 Å². The molecule has 8 rings (SSSR count). The Labute approximate surface area is 291 Å². The molecule has 8 aromatic rings. The number of halogens is 7. The zero-order chi connectivity index (χ0) is 36.2. The molecule has 11 heteroatoms. The molecule has 0 amide bonds. The summed E-state index contributed by atoms with van der Waals surface area (Å²) in [5, 5.41) is 0.649. The van der Waals surface area contributed by atoms with Crippen LogP contribution in [-0.2, 0) is 12.4 Å². The molecule has 256 valence electrons. The van der Waals surface area contributed by atoms with E-state index in [2.05, 4.69) is 0 Å². The standard InChI is InChI=1S/C41H23F7N4/c42-29-13-7-12-26(20-29)31-19-16-30(23-34(31)39-50-37(24-8-3-1-4-9-24)49-38(51-39)25-10-5-2-6-11-25)52-35-21-27(40(43,44)45)14-17-32(35)33-18-15-28(22-36(33)52)41(46,47)48/h1-23H. The average molecular weight is 705 g/mol. The van der Waals surface area contributed by atoms with E-state index in [0.29, 0.717) is 50.2 Å². The van der Waals surface area contributed by atoms with Crippen molar-refractivity contribution >= 4 is 21.8 Å². The Morgan fingerprint density at radius 3 is 1.42 bits per heavy atom. The van der Waals surface area contributed by atoms with Crippen molar-refractivity contribution in [2.45, 2.75) is 12.4 Å². The maximum absolute atomic E-state index is 14.6. The number of hydrogen-bond acceptors (Lipinski definition) is 3. The van der Waals surface area contributed by atoms with Crippen molar-refractivity contribution in [1.82, 2.24) is 19.5 Å². The largest absolute Gasteiger partial charge is 0.416 e. The van der Waals surface area contributed by atoms with Crippen LogP contribution < -0.4 is 0 Å². The van der Waals surface area contributed by atoms with Crippen molar-refractivity contribution in [2.75, 3.05) is 0 Å². The lowest BCUT2D eigenvalue weighted by Gasteiger charge is -2.16. The van der Waals surface area contributed by atoms with Crippen molar-refractivity contribution in [3.8, 4) is 51.0 Å². The molecule has 0 saturated carbocycles. The Balaban J connectivity index is 1.46. The summed E-state index contributed by atoms with van der Waals surface area (Å²) in [6, 6.07) is 35.1. The fourth-order valence-corrected chi connectivity index (χ4v) is 6.34. The van der Waals surface area contributed by atoms with Gasteiger partial charge in [0.25, 0.3) is 0 Å². The molecule has 0 aliphatic carbocycles. The van der Waals surface area contributed by atoms with Crippen LogP contribution in [-0.4, -0.2) is 19.5 Å². The molecule has 6 aromatic carbocycles. The Morgan fingerprint density at radius 1 is 0.423 bits per heavy atom. The quantitative estimate of drug-likeness (QED) is 0.168. The maximum Gasteiger partial charge on any atom is 0.416 e. The van der Waals surface area contributed by atoms with Gasteiger partial charge in [-0.3, -0.25) is 0 Å². The van der Waals surface area contributed by atoms with Crippen molar-refractivity contribution in [3.63, 3.8) is 0 Å². The highest BCUT2D eigenvalue weighted by Gasteiger charge is 2.33. The molecule has 0 spiro atoms. The topological polar surface area (TPSA) is 43.6 Å². The van der Waals surface area contributed by atoms with Crippen LogP contribution in [0.15, 0.2) is 140 Å². The van der Waals surface area contributed by atoms with Gasteiger partial charge in [0.05, 0.1) is 22.2 Å². The first-order valence-corrected chi connectivity index (χ1v) is 15.9. The summed E-state index contributed by atoms with van der Waals surface area (Å²) in [5.41, 5.74) is 1.00. The van der Waals surface area contributed by atoms with Crippen LogP contribution >= 0.6 is 0 Å². The SMILES string of the molecule is Fc1cccc(-c2ccc(-n3c4cc(C(F)(F)F)ccc4c4ccc(C(F)(F)F)cc43)cc2-c2nc(-c3ccccc3)nc(-c3ccccc3)n2)c1. The first-order chi connectivity index (χ1) is 24.9. The molecule has 2 aromatic heterocycles. The van der Waals surface area contributed by atoms with Crippen LogP contribution in [0.1, 0.15) is 11.1 Å². The summed E-state index contributed by atoms with van der Waals surface area (Å²) >= 11 is 0. The summed E-state index contributed by atoms with van der Waals surface area (Å²) in [7, 11) is 0. The van der Waals surface area contributed by atoms with Crippen LogP contribution in [0.5, 0.6) is 0 Å². The third kappa shape index (κ3) is 6.04. The number of nitrogens with zero attached hydrogens (tertiary/aromatic N) is 4. The summed E-state index contributed by atoms with van der Waals surface area (Å²) < 4.78 is 100. The number of rotatable bonds is 5. The molecule has 0 aliphatic rings. The fraction of sp³-hybridized carbons (Fsp3) is 0.0488. The number of hydrogen-bond donors (Lipinski definition) is 0. The number of fused-ring (bicyclic) bond motifs is 3. The van der Waals surface area contributed by atoms with E-state index in [1.807, 2.05) is 60.7 Å². The van der Waals surface area contributed by atoms with Crippen molar-refractivity contribution in [3.05, 3.63) is 156 Å². The lowest BCUT2D eigenvalue weighted by Crippen LogP contribution is -2.06. The van der Waals surface area contributed by atoms with E-state index in [-0.39, 0.29) is 22.5 Å². The molecule has 0 aliphatic heterocycles. The molecule has 0 radical (unpaired) electrons. The second kappa shape index (κ2) is 12.4. The number of alkyl halides is 6. The summed E-state index contributed by atoms with van der Waals surface area (Å²) in [5.74, 6) is 0.282. The van der Waals surface area contributed by atoms with E-state index < -0.39 is 29.3 Å². The van der Waals surface area contributed by atoms with Gasteiger partial charge in [0.2, 0.25) is 0 Å². The Hall–Kier alpha value is -6.36. The molecule has 4 nitrogen and oxygen atoms in total. The molecule has 0 fully saturated rings. The van der Waals surface area contributed by atoms with E-state index in [1.165, 1.54) is 34.9 Å². The van der Waals surface area contributed by atoms with Crippen LogP contribution in [0, 0.1) is 5.82 Å². The maximum atomic E-state index is 14.6. The average Bonchev–Trinajstić information content (AvgIpc) is 3.47. The number of benzene rings is 6. The van der Waals surface area contributed by atoms with Gasteiger partial charge >= 0.3 is 12.4 Å². The third-order valence-corrected chi connectivity index (χ3v) is 8.76. The summed E-state index contributed by atoms with van der Waals surface area (Å²) in [4.78, 5) is 14.4. The molecule has 52 heavy (non-hydrogen) atoms. The monoisotopic (exact) mass is 704 g/mol. The predicted octanol–water partition coefficient (Wildman–Crippen LogP) is 11.8. The van der Waals surface area contributed by atoms with Gasteiger partial charge < -0.3 is 4.57 Å². The van der Waals surface area contributed by atoms with E-state index in [1.54, 1.807) is 24.3 Å². The summed E-state index contributed by atoms with van der Waals surface area (Å²) in [6.45, 7) is 0. The van der Waals surface area contributed by atoms with Gasteiger partial charge in [-0.2, -0.15) is 26.3 Å². The van der Waals surface area contributed by atoms with Crippen LogP contribution in [0.2, 0.25) is 0 Å². The van der Waals surface area contributed by atoms with Gasteiger partial charge in [-0.25, -0.2) is 19.3 Å². The van der Waals surface area contributed by atoms with Crippen LogP contribution in [0.3, 0.4) is 0 Å². The molecular weight excluding hydrogens is 681 g/mol. The van der Waals surface area contributed by atoms with Gasteiger partial charge in [-0.05, 0) is 59.7 Å². The van der Waals surface area contributed by atoms with Crippen molar-refractivity contribution in [2.24, 2.45) is 0 Å². The highest BCUT2D eigenvalue weighted by atomic mass is 19.4. The van der Waals surface area contributed by atoms with Crippen LogP contribution in [0.4, 0.5) is 30.7 Å². The first-order valence-electron chi connectivity index (χ1n) is 15.9. The number of aromatic nitrogens is 4. The highest BCUT2D eigenvalue weighted by molar-refractivity contribution is 6.10. The van der Waals surface area contributed by atoms with Crippen LogP contribution in [0.25, 0.3) is 72.8 Å². The van der Waals surface area contributed by atoms with E-state index in [4.69, 9.17) is 15.0 Å². The predicted molar refractivity (Wildman–Crippen MR) is 186 cm³/mol. The van der Waals surface area contributed by atoms with Gasteiger partial charge in [-0.15, -0.1) is 0 Å². The molecule has 0 atom stereocenters. The zero-order valence-electron chi connectivity index (χ0n) is 26.7. The van der Waals surface area contributed by atoms with Crippen molar-refractivity contribution in [1.29, 1.82) is 0 Å². The van der Waals surface area contributed by atoms with Gasteiger partial charge in [0.15, 0.2) is 17.5 Å². The molecular formula is C41H23F7N4. The lowest BCUT2D eigenvalue weighted by atomic mass is 9.98. The normalized spacial score (nSPS) is 12.1. The molecule has 0 unspecified atom stereocenters. The lowest BCUT2D eigenvalue weighted by molar-refractivity contribution is -0.138. The Kier molecular flexibility index (Phi) is 7.86. The van der Waals surface area contributed by atoms with Gasteiger partial charge in [-0.1, -0.05) is 91.0 Å². The highest BCUT2D eigenvalue weighted by Crippen LogP contribution is 2.41. The second-order valence-corrected chi connectivity index (χ2v) is 12.1. The third-order valence-electron chi connectivity index (χ3n) is 8.76. The first kappa shape index (κ1) is 32.8. The fourth-order valence-electron chi connectivity index (χ4n) is 6.34. The minimum Gasteiger partial charge on any atom is -0.309 e. The van der Waals surface area contributed by atoms with Gasteiger partial charge in [0.1, 0.15) is 5.82 Å². The zero-order valence-corrected chi connectivity index (χ0v) is 26.7. The second-order valence-electron chi connectivity index (χ2n) is 12.1. The molecule has 0 N–H and O–H groups in total. The Bertz CT molecular complexity index is 2480. The summed E-state index contributed by atoms with van der Waals surface area (Å²) in [6.07, 6.45) is -9.43. The molecule has 0 saturated heterocycles. The molecule has 2 heterocycles. The smallest absolute Gasteiger partial charge is 0.309 e. The molecule has 0 bridgehead atoms. The van der Waals surface area contributed by atoms with Crippen molar-refractivity contribution < 1.29 is 30.7 Å². The minimum absolute atomic E-state index is 0.0409. The van der Waals surface area contributed by atoms with E-state index in [0.717, 1.165) is 24.3 Å². The van der Waals surface area contributed by atoms with E-state index >= 15 is 0 Å². The van der Waals surface area contributed by atoms with Gasteiger partial charge in [0, 0.05) is 33.2 Å². The Morgan fingerprint density at radius 2 is 0.923 bits per heavy atom. The minimum atomic E-state index is -4.72.